The molecule has 0 radical (unpaired) electrons. The summed E-state index contributed by atoms with van der Waals surface area (Å²) in [6, 6.07) is 12.3. The number of thioether (sulfide) groups is 1. The van der Waals surface area contributed by atoms with E-state index in [2.05, 4.69) is 0 Å². The minimum Gasteiger partial charge on any atom is -0.340 e. The highest BCUT2D eigenvalue weighted by Gasteiger charge is 2.30. The molecule has 0 atom stereocenters. The Kier molecular flexibility index (Phi) is 6.69. The van der Waals surface area contributed by atoms with E-state index in [0.29, 0.717) is 18.2 Å². The molecule has 0 N–H and O–H groups in total. The molecule has 150 valence electrons. The zero-order valence-corrected chi connectivity index (χ0v) is 16.7. The van der Waals surface area contributed by atoms with Crippen molar-refractivity contribution in [1.82, 2.24) is 9.21 Å². The van der Waals surface area contributed by atoms with Gasteiger partial charge in [-0.3, -0.25) is 4.79 Å². The molecule has 0 bridgehead atoms. The molecule has 2 aromatic carbocycles. The van der Waals surface area contributed by atoms with Crippen molar-refractivity contribution in [1.29, 1.82) is 0 Å². The van der Waals surface area contributed by atoms with Gasteiger partial charge in [-0.2, -0.15) is 4.31 Å². The van der Waals surface area contributed by atoms with Crippen molar-refractivity contribution in [3.05, 3.63) is 60.2 Å². The van der Waals surface area contributed by atoms with Gasteiger partial charge in [0.1, 0.15) is 0 Å². The Labute approximate surface area is 167 Å². The van der Waals surface area contributed by atoms with Crippen molar-refractivity contribution in [2.75, 3.05) is 31.9 Å². The summed E-state index contributed by atoms with van der Waals surface area (Å²) in [6.07, 6.45) is 0.371. The third-order valence-corrected chi connectivity index (χ3v) is 7.36. The molecule has 1 fully saturated rings. The molecule has 0 spiro atoms. The molecule has 0 saturated carbocycles. The average molecular weight is 427 g/mol. The monoisotopic (exact) mass is 426 g/mol. The molecule has 0 aliphatic carbocycles. The fourth-order valence-corrected chi connectivity index (χ4v) is 5.19. The Balaban J connectivity index is 1.52. The fourth-order valence-electron chi connectivity index (χ4n) is 2.90. The summed E-state index contributed by atoms with van der Waals surface area (Å²) in [5.74, 6) is -1.67. The van der Waals surface area contributed by atoms with Gasteiger partial charge in [0.15, 0.2) is 11.6 Å². The molecular formula is C19H20F2N2O3S2. The Morgan fingerprint density at radius 2 is 1.64 bits per heavy atom. The van der Waals surface area contributed by atoms with E-state index in [9.17, 15) is 22.0 Å². The van der Waals surface area contributed by atoms with Gasteiger partial charge in [0, 0.05) is 43.2 Å². The van der Waals surface area contributed by atoms with Crippen LogP contribution in [0.15, 0.2) is 58.3 Å². The normalized spacial score (nSPS) is 15.6. The Hall–Kier alpha value is -1.97. The van der Waals surface area contributed by atoms with E-state index in [4.69, 9.17) is 0 Å². The van der Waals surface area contributed by atoms with Gasteiger partial charge < -0.3 is 4.90 Å². The number of amides is 1. The molecule has 5 nitrogen and oxygen atoms in total. The number of carbonyl (C=O) groups excluding carboxylic acids is 1. The van der Waals surface area contributed by atoms with Gasteiger partial charge in [-0.15, -0.1) is 11.8 Å². The molecule has 28 heavy (non-hydrogen) atoms. The summed E-state index contributed by atoms with van der Waals surface area (Å²) in [4.78, 5) is 14.8. The van der Waals surface area contributed by atoms with Gasteiger partial charge in [0.2, 0.25) is 15.9 Å². The zero-order valence-electron chi connectivity index (χ0n) is 15.1. The summed E-state index contributed by atoms with van der Waals surface area (Å²) >= 11 is 1.60. The van der Waals surface area contributed by atoms with Crippen LogP contribution in [-0.2, 0) is 14.8 Å². The first-order chi connectivity index (χ1) is 13.4. The van der Waals surface area contributed by atoms with Gasteiger partial charge in [0.25, 0.3) is 0 Å². The van der Waals surface area contributed by atoms with E-state index < -0.39 is 21.7 Å². The Bertz CT molecular complexity index is 931. The van der Waals surface area contributed by atoms with Crippen LogP contribution < -0.4 is 0 Å². The minimum atomic E-state index is -3.92. The van der Waals surface area contributed by atoms with E-state index in [1.54, 1.807) is 16.7 Å². The summed E-state index contributed by atoms with van der Waals surface area (Å²) in [5.41, 5.74) is 0. The molecule has 1 heterocycles. The zero-order chi connectivity index (χ0) is 20.1. The maximum atomic E-state index is 13.4. The van der Waals surface area contributed by atoms with Crippen LogP contribution in [0.25, 0.3) is 0 Å². The van der Waals surface area contributed by atoms with Crippen LogP contribution in [0, 0.1) is 11.6 Å². The van der Waals surface area contributed by atoms with Gasteiger partial charge in [0.05, 0.1) is 4.90 Å². The van der Waals surface area contributed by atoms with E-state index >= 15 is 0 Å². The molecule has 2 aromatic rings. The first-order valence-electron chi connectivity index (χ1n) is 8.79. The number of halogens is 2. The second-order valence-electron chi connectivity index (χ2n) is 6.27. The lowest BCUT2D eigenvalue weighted by atomic mass is 10.3. The first kappa shape index (κ1) is 20.8. The summed E-state index contributed by atoms with van der Waals surface area (Å²) in [5, 5.41) is 0. The largest absolute Gasteiger partial charge is 0.340 e. The topological polar surface area (TPSA) is 57.7 Å². The minimum absolute atomic E-state index is 0.0201. The van der Waals surface area contributed by atoms with Gasteiger partial charge >= 0.3 is 0 Å². The van der Waals surface area contributed by atoms with Crippen LogP contribution in [0.5, 0.6) is 0 Å². The van der Waals surface area contributed by atoms with Crippen molar-refractivity contribution in [2.45, 2.75) is 16.2 Å². The van der Waals surface area contributed by atoms with Crippen LogP contribution >= 0.6 is 11.8 Å². The average Bonchev–Trinajstić information content (AvgIpc) is 2.71. The lowest BCUT2D eigenvalue weighted by Crippen LogP contribution is -2.50. The first-order valence-corrected chi connectivity index (χ1v) is 11.2. The van der Waals surface area contributed by atoms with E-state index in [-0.39, 0.29) is 37.0 Å². The highest BCUT2D eigenvalue weighted by molar-refractivity contribution is 7.99. The van der Waals surface area contributed by atoms with Crippen LogP contribution in [0.4, 0.5) is 8.78 Å². The molecule has 9 heteroatoms. The molecule has 1 amide bonds. The van der Waals surface area contributed by atoms with Crippen molar-refractivity contribution in [3.63, 3.8) is 0 Å². The molecular weight excluding hydrogens is 406 g/mol. The number of sulfonamides is 1. The van der Waals surface area contributed by atoms with Crippen LogP contribution in [0.3, 0.4) is 0 Å². The fraction of sp³-hybridized carbons (Fsp3) is 0.316. The van der Waals surface area contributed by atoms with Crippen LogP contribution in [0.2, 0.25) is 0 Å². The molecule has 1 aliphatic heterocycles. The molecule has 1 saturated heterocycles. The number of rotatable bonds is 6. The second kappa shape index (κ2) is 9.02. The van der Waals surface area contributed by atoms with Gasteiger partial charge in [-0.05, 0) is 30.3 Å². The van der Waals surface area contributed by atoms with E-state index in [1.165, 1.54) is 4.31 Å². The third kappa shape index (κ3) is 4.89. The smallest absolute Gasteiger partial charge is 0.243 e. The second-order valence-corrected chi connectivity index (χ2v) is 9.38. The van der Waals surface area contributed by atoms with Crippen LogP contribution in [0.1, 0.15) is 6.42 Å². The number of hydrogen-bond donors (Lipinski definition) is 0. The number of hydrogen-bond acceptors (Lipinski definition) is 4. The Morgan fingerprint density at radius 1 is 0.964 bits per heavy atom. The lowest BCUT2D eigenvalue weighted by Gasteiger charge is -2.34. The van der Waals surface area contributed by atoms with E-state index in [0.717, 1.165) is 17.0 Å². The lowest BCUT2D eigenvalue weighted by molar-refractivity contribution is -0.131. The third-order valence-electron chi connectivity index (χ3n) is 4.45. The van der Waals surface area contributed by atoms with Gasteiger partial charge in [-0.25, -0.2) is 17.2 Å². The Morgan fingerprint density at radius 3 is 2.29 bits per heavy atom. The molecule has 3 rings (SSSR count). The highest BCUT2D eigenvalue weighted by Crippen LogP contribution is 2.21. The predicted molar refractivity (Wildman–Crippen MR) is 103 cm³/mol. The molecule has 0 aromatic heterocycles. The van der Waals surface area contributed by atoms with Crippen molar-refractivity contribution in [2.24, 2.45) is 0 Å². The number of benzene rings is 2. The number of nitrogens with zero attached hydrogens (tertiary/aromatic N) is 2. The molecule has 1 aliphatic rings. The van der Waals surface area contributed by atoms with Crippen molar-refractivity contribution < 1.29 is 22.0 Å². The quantitative estimate of drug-likeness (QED) is 0.667. The van der Waals surface area contributed by atoms with E-state index in [1.807, 2.05) is 30.3 Å². The van der Waals surface area contributed by atoms with Crippen molar-refractivity contribution >= 4 is 27.7 Å². The maximum absolute atomic E-state index is 13.4. The summed E-state index contributed by atoms with van der Waals surface area (Å²) in [6.45, 7) is 0.799. The number of piperazine rings is 1. The molecule has 0 unspecified atom stereocenters. The number of carbonyl (C=O) groups is 1. The summed E-state index contributed by atoms with van der Waals surface area (Å²) in [7, 11) is -3.92. The standard InChI is InChI=1S/C19H20F2N2O3S2/c20-17-7-6-16(14-18(17)21)28(25,26)23-11-9-22(10-12-23)19(24)8-13-27-15-4-2-1-3-5-15/h1-7,14H,8-13H2. The highest BCUT2D eigenvalue weighted by atomic mass is 32.2. The predicted octanol–water partition coefficient (Wildman–Crippen LogP) is 2.98. The van der Waals surface area contributed by atoms with Gasteiger partial charge in [-0.1, -0.05) is 18.2 Å². The summed E-state index contributed by atoms with van der Waals surface area (Å²) < 4.78 is 52.8. The van der Waals surface area contributed by atoms with Crippen LogP contribution in [-0.4, -0.2) is 55.5 Å². The van der Waals surface area contributed by atoms with Crippen molar-refractivity contribution in [3.8, 4) is 0 Å². The maximum Gasteiger partial charge on any atom is 0.243 e. The SMILES string of the molecule is O=C(CCSc1ccccc1)N1CCN(S(=O)(=O)c2ccc(F)c(F)c2)CC1.